The number of aromatic nitrogens is 1. The van der Waals surface area contributed by atoms with E-state index in [2.05, 4.69) is 46.4 Å². The van der Waals surface area contributed by atoms with E-state index >= 15 is 0 Å². The number of hydrogen-bond acceptors (Lipinski definition) is 4. The molecule has 0 saturated heterocycles. The summed E-state index contributed by atoms with van der Waals surface area (Å²) < 4.78 is 7.01. The van der Waals surface area contributed by atoms with Crippen LogP contribution in [-0.2, 0) is 4.74 Å². The van der Waals surface area contributed by atoms with Crippen LogP contribution in [0.4, 0.5) is 4.79 Å². The molecule has 0 bridgehead atoms. The molecule has 1 aliphatic rings. The first kappa shape index (κ1) is 19.6. The van der Waals surface area contributed by atoms with E-state index in [0.29, 0.717) is 4.47 Å². The van der Waals surface area contributed by atoms with Crippen molar-refractivity contribution in [3.63, 3.8) is 0 Å². The number of alkyl carbamates (subject to hydrolysis) is 1. The van der Waals surface area contributed by atoms with Crippen molar-refractivity contribution in [2.75, 3.05) is 13.2 Å². The first-order valence-corrected chi connectivity index (χ1v) is 11.0. The second kappa shape index (κ2) is 8.43. The molecule has 4 nitrogen and oxygen atoms in total. The van der Waals surface area contributed by atoms with Gasteiger partial charge in [-0.15, -0.1) is 11.3 Å². The van der Waals surface area contributed by atoms with E-state index in [0.717, 1.165) is 15.8 Å². The van der Waals surface area contributed by atoms with E-state index in [1.165, 1.54) is 33.6 Å². The molecular formula is C25H17ClN2O2S. The highest BCUT2D eigenvalue weighted by atomic mass is 35.5. The Morgan fingerprint density at radius 1 is 1.06 bits per heavy atom. The van der Waals surface area contributed by atoms with Crippen molar-refractivity contribution in [3.8, 4) is 23.0 Å². The van der Waals surface area contributed by atoms with Gasteiger partial charge in [0.05, 0.1) is 16.8 Å². The van der Waals surface area contributed by atoms with Crippen molar-refractivity contribution in [3.05, 3.63) is 87.9 Å². The molecule has 3 aromatic carbocycles. The SMILES string of the molecule is O=C(NCC#Cc1ccc2nc(Cl)sc2c1)OCC1c2ccccc2-c2ccccc21. The minimum Gasteiger partial charge on any atom is -0.449 e. The number of thiazole rings is 1. The molecule has 31 heavy (non-hydrogen) atoms. The van der Waals surface area contributed by atoms with Crippen LogP contribution in [0.25, 0.3) is 21.3 Å². The largest absolute Gasteiger partial charge is 0.449 e. The number of amides is 1. The van der Waals surface area contributed by atoms with Gasteiger partial charge in [0.25, 0.3) is 0 Å². The fourth-order valence-corrected chi connectivity index (χ4v) is 4.96. The summed E-state index contributed by atoms with van der Waals surface area (Å²) in [5.74, 6) is 6.04. The first-order chi connectivity index (χ1) is 15.2. The van der Waals surface area contributed by atoms with Crippen LogP contribution < -0.4 is 5.32 Å². The Kier molecular flexibility index (Phi) is 5.33. The fraction of sp³-hybridized carbons (Fsp3) is 0.120. The van der Waals surface area contributed by atoms with E-state index in [1.54, 1.807) is 0 Å². The molecule has 1 heterocycles. The van der Waals surface area contributed by atoms with Crippen LogP contribution in [0.2, 0.25) is 4.47 Å². The molecule has 6 heteroatoms. The van der Waals surface area contributed by atoms with Gasteiger partial charge < -0.3 is 10.1 Å². The number of carbonyl (C=O) groups excluding carboxylic acids is 1. The molecule has 4 aromatic rings. The quantitative estimate of drug-likeness (QED) is 0.404. The maximum Gasteiger partial charge on any atom is 0.407 e. The zero-order valence-electron chi connectivity index (χ0n) is 16.4. The van der Waals surface area contributed by atoms with Gasteiger partial charge in [0.1, 0.15) is 6.61 Å². The molecule has 0 fully saturated rings. The topological polar surface area (TPSA) is 51.2 Å². The minimum absolute atomic E-state index is 0.0437. The average molecular weight is 445 g/mol. The standard InChI is InChI=1S/C25H17ClN2O2S/c26-24-28-22-12-11-16(14-23(22)31-24)6-5-13-27-25(29)30-15-21-19-9-3-1-7-17(19)18-8-2-4-10-20(18)21/h1-4,7-12,14,21H,13,15H2,(H,27,29). The number of hydrogen-bond donors (Lipinski definition) is 1. The third-order valence-corrected chi connectivity index (χ3v) is 6.38. The number of nitrogens with one attached hydrogen (secondary N) is 1. The Morgan fingerprint density at radius 2 is 1.77 bits per heavy atom. The van der Waals surface area contributed by atoms with Crippen LogP contribution >= 0.6 is 22.9 Å². The zero-order chi connectivity index (χ0) is 21.2. The lowest BCUT2D eigenvalue weighted by atomic mass is 9.98. The van der Waals surface area contributed by atoms with Crippen molar-refractivity contribution in [2.24, 2.45) is 0 Å². The van der Waals surface area contributed by atoms with E-state index in [9.17, 15) is 4.79 Å². The molecule has 5 rings (SSSR count). The Balaban J connectivity index is 1.19. The van der Waals surface area contributed by atoms with Crippen molar-refractivity contribution >= 4 is 39.2 Å². The lowest BCUT2D eigenvalue weighted by molar-refractivity contribution is 0.144. The third-order valence-electron chi connectivity index (χ3n) is 5.26. The van der Waals surface area contributed by atoms with Crippen LogP contribution in [-0.4, -0.2) is 24.2 Å². The monoisotopic (exact) mass is 444 g/mol. The predicted octanol–water partition coefficient (Wildman–Crippen LogP) is 5.84. The van der Waals surface area contributed by atoms with Crippen molar-refractivity contribution in [1.82, 2.24) is 10.3 Å². The first-order valence-electron chi connectivity index (χ1n) is 9.83. The van der Waals surface area contributed by atoms with Gasteiger partial charge in [0.2, 0.25) is 0 Å². The summed E-state index contributed by atoms with van der Waals surface area (Å²) in [5.41, 5.74) is 6.50. The van der Waals surface area contributed by atoms with Gasteiger partial charge in [0, 0.05) is 11.5 Å². The summed E-state index contributed by atoms with van der Waals surface area (Å²) in [6, 6.07) is 22.2. The fourth-order valence-electron chi connectivity index (χ4n) is 3.89. The molecule has 152 valence electrons. The molecule has 1 amide bonds. The lowest BCUT2D eigenvalue weighted by Crippen LogP contribution is -2.26. The summed E-state index contributed by atoms with van der Waals surface area (Å²) in [6.45, 7) is 0.494. The van der Waals surface area contributed by atoms with E-state index in [-0.39, 0.29) is 19.1 Å². The second-order valence-electron chi connectivity index (χ2n) is 7.13. The van der Waals surface area contributed by atoms with Gasteiger partial charge in [-0.3, -0.25) is 0 Å². The molecule has 0 radical (unpaired) electrons. The maximum atomic E-state index is 12.2. The third kappa shape index (κ3) is 4.00. The Hall–Kier alpha value is -3.33. The lowest BCUT2D eigenvalue weighted by Gasteiger charge is -2.14. The molecule has 1 aromatic heterocycles. The van der Waals surface area contributed by atoms with Crippen LogP contribution in [0.15, 0.2) is 66.7 Å². The number of ether oxygens (including phenoxy) is 1. The Bertz CT molecular complexity index is 1310. The van der Waals surface area contributed by atoms with Gasteiger partial charge in [-0.25, -0.2) is 9.78 Å². The van der Waals surface area contributed by atoms with Crippen molar-refractivity contribution in [1.29, 1.82) is 0 Å². The molecule has 1 aliphatic carbocycles. The maximum absolute atomic E-state index is 12.2. The van der Waals surface area contributed by atoms with Crippen LogP contribution in [0.5, 0.6) is 0 Å². The molecule has 0 atom stereocenters. The summed E-state index contributed by atoms with van der Waals surface area (Å²) in [6.07, 6.45) is -0.471. The molecule has 1 N–H and O–H groups in total. The number of rotatable bonds is 3. The molecule has 0 spiro atoms. The normalized spacial score (nSPS) is 12.0. The summed E-state index contributed by atoms with van der Waals surface area (Å²) in [4.78, 5) is 16.4. The van der Waals surface area contributed by atoms with Gasteiger partial charge in [-0.05, 0) is 40.5 Å². The number of halogens is 1. The molecule has 0 aliphatic heterocycles. The summed E-state index contributed by atoms with van der Waals surface area (Å²) in [7, 11) is 0. The van der Waals surface area contributed by atoms with Gasteiger partial charge in [0.15, 0.2) is 4.47 Å². The smallest absolute Gasteiger partial charge is 0.407 e. The predicted molar refractivity (Wildman–Crippen MR) is 125 cm³/mol. The van der Waals surface area contributed by atoms with E-state index in [1.807, 2.05) is 42.5 Å². The molecular weight excluding hydrogens is 428 g/mol. The Morgan fingerprint density at radius 3 is 2.52 bits per heavy atom. The van der Waals surface area contributed by atoms with Crippen LogP contribution in [0, 0.1) is 11.8 Å². The average Bonchev–Trinajstić information content (AvgIpc) is 3.32. The number of carbonyl (C=O) groups is 1. The summed E-state index contributed by atoms with van der Waals surface area (Å²) >= 11 is 7.36. The van der Waals surface area contributed by atoms with Crippen LogP contribution in [0.1, 0.15) is 22.6 Å². The number of fused-ring (bicyclic) bond motifs is 4. The highest BCUT2D eigenvalue weighted by Gasteiger charge is 2.28. The van der Waals surface area contributed by atoms with Gasteiger partial charge in [-0.2, -0.15) is 0 Å². The molecule has 0 saturated carbocycles. The van der Waals surface area contributed by atoms with Crippen molar-refractivity contribution in [2.45, 2.75) is 5.92 Å². The number of nitrogens with zero attached hydrogens (tertiary/aromatic N) is 1. The van der Waals surface area contributed by atoms with Gasteiger partial charge >= 0.3 is 6.09 Å². The highest BCUT2D eigenvalue weighted by Crippen LogP contribution is 2.44. The molecule has 0 unspecified atom stereocenters. The number of benzene rings is 3. The second-order valence-corrected chi connectivity index (χ2v) is 8.74. The highest BCUT2D eigenvalue weighted by molar-refractivity contribution is 7.22. The minimum atomic E-state index is -0.471. The van der Waals surface area contributed by atoms with Crippen LogP contribution in [0.3, 0.4) is 0 Å². The zero-order valence-corrected chi connectivity index (χ0v) is 18.0. The van der Waals surface area contributed by atoms with Crippen molar-refractivity contribution < 1.29 is 9.53 Å². The summed E-state index contributed by atoms with van der Waals surface area (Å²) in [5, 5.41) is 2.70. The Labute approximate surface area is 188 Å². The van der Waals surface area contributed by atoms with Gasteiger partial charge in [-0.1, -0.05) is 72.0 Å². The van der Waals surface area contributed by atoms with E-state index < -0.39 is 6.09 Å². The van der Waals surface area contributed by atoms with E-state index in [4.69, 9.17) is 16.3 Å².